The lowest BCUT2D eigenvalue weighted by molar-refractivity contribution is -0.137. The highest BCUT2D eigenvalue weighted by Gasteiger charge is 2.39. The molecule has 1 fully saturated rings. The van der Waals surface area contributed by atoms with Crippen molar-refractivity contribution in [3.05, 3.63) is 35.9 Å². The summed E-state index contributed by atoms with van der Waals surface area (Å²) < 4.78 is 0.936. The van der Waals surface area contributed by atoms with Gasteiger partial charge in [0, 0.05) is 18.3 Å². The minimum atomic E-state index is -1.50. The van der Waals surface area contributed by atoms with Gasteiger partial charge in [-0.25, -0.2) is 4.42 Å². The summed E-state index contributed by atoms with van der Waals surface area (Å²) in [4.78, 5) is 24.0. The zero-order valence-corrected chi connectivity index (χ0v) is 14.6. The maximum Gasteiger partial charge on any atom is 0.254 e. The van der Waals surface area contributed by atoms with Gasteiger partial charge in [0.25, 0.3) is 5.91 Å². The number of nitrogens with two attached hydrogens (primary N) is 1. The maximum absolute atomic E-state index is 12.7. The second-order valence-corrected chi connectivity index (χ2v) is 6.90. The van der Waals surface area contributed by atoms with Gasteiger partial charge in [-0.05, 0) is 23.8 Å². The van der Waals surface area contributed by atoms with Crippen molar-refractivity contribution in [2.24, 2.45) is 11.7 Å². The molecule has 0 spiro atoms. The number of carbonyl (C=O) groups is 2. The van der Waals surface area contributed by atoms with Crippen molar-refractivity contribution in [3.8, 4) is 0 Å². The molecule has 0 saturated carbocycles. The van der Waals surface area contributed by atoms with Crippen LogP contribution >= 0.6 is 11.8 Å². The van der Waals surface area contributed by atoms with Gasteiger partial charge in [-0.3, -0.25) is 9.59 Å². The molecule has 0 radical (unpaired) electrons. The standard InChI is InChI=1S/C17H24ClN3O3/c1-10(2)14(15(22)16(19)23)21(18)17(24)13-8-12(9-20-13)11-6-4-3-5-7-11/h3-7,10,12-15,20,22H,8-9H2,1-2H3,(H2,19,23)/t12-,13-,14?,15?/m0/s1. The third-order valence-electron chi connectivity index (χ3n) is 4.47. The molecule has 0 aromatic heterocycles. The van der Waals surface area contributed by atoms with Crippen molar-refractivity contribution in [1.29, 1.82) is 0 Å². The number of amides is 2. The molecule has 2 rings (SSSR count). The van der Waals surface area contributed by atoms with Crippen molar-refractivity contribution in [3.63, 3.8) is 0 Å². The number of hydrogen-bond acceptors (Lipinski definition) is 4. The molecule has 0 aliphatic carbocycles. The fraction of sp³-hybridized carbons (Fsp3) is 0.529. The summed E-state index contributed by atoms with van der Waals surface area (Å²) in [6.45, 7) is 4.22. The summed E-state index contributed by atoms with van der Waals surface area (Å²) in [5.41, 5.74) is 6.33. The Bertz CT molecular complexity index is 582. The molecule has 6 nitrogen and oxygen atoms in total. The number of aliphatic hydroxyl groups excluding tert-OH is 1. The number of halogens is 1. The average molecular weight is 354 g/mol. The van der Waals surface area contributed by atoms with Gasteiger partial charge in [-0.2, -0.15) is 0 Å². The Labute approximate surface area is 147 Å². The van der Waals surface area contributed by atoms with Gasteiger partial charge in [0.05, 0.1) is 12.1 Å². The van der Waals surface area contributed by atoms with Crippen LogP contribution in [0.3, 0.4) is 0 Å². The lowest BCUT2D eigenvalue weighted by Gasteiger charge is -2.32. The van der Waals surface area contributed by atoms with Crippen LogP contribution in [0.2, 0.25) is 0 Å². The van der Waals surface area contributed by atoms with Crippen molar-refractivity contribution in [2.45, 2.75) is 44.4 Å². The van der Waals surface area contributed by atoms with E-state index in [0.717, 1.165) is 4.42 Å². The van der Waals surface area contributed by atoms with E-state index in [2.05, 4.69) is 5.32 Å². The topological polar surface area (TPSA) is 95.7 Å². The number of benzene rings is 1. The van der Waals surface area contributed by atoms with Crippen LogP contribution < -0.4 is 11.1 Å². The molecule has 24 heavy (non-hydrogen) atoms. The van der Waals surface area contributed by atoms with Gasteiger partial charge in [0.2, 0.25) is 5.91 Å². The molecule has 2 amide bonds. The quantitative estimate of drug-likeness (QED) is 0.664. The summed E-state index contributed by atoms with van der Waals surface area (Å²) in [5.74, 6) is -1.24. The fourth-order valence-corrected chi connectivity index (χ4v) is 3.57. The van der Waals surface area contributed by atoms with Gasteiger partial charge in [0.1, 0.15) is 0 Å². The Kier molecular flexibility index (Phi) is 6.21. The number of aliphatic hydroxyl groups is 1. The lowest BCUT2D eigenvalue weighted by Crippen LogP contribution is -2.53. The molecule has 1 aromatic carbocycles. The monoisotopic (exact) mass is 353 g/mol. The summed E-state index contributed by atoms with van der Waals surface area (Å²) in [7, 11) is 0. The zero-order chi connectivity index (χ0) is 17.9. The highest BCUT2D eigenvalue weighted by Crippen LogP contribution is 2.28. The molecule has 7 heteroatoms. The highest BCUT2D eigenvalue weighted by molar-refractivity contribution is 6.22. The van der Waals surface area contributed by atoms with E-state index in [0.29, 0.717) is 13.0 Å². The molecule has 4 atom stereocenters. The van der Waals surface area contributed by atoms with Crippen molar-refractivity contribution in [1.82, 2.24) is 9.74 Å². The predicted octanol–water partition coefficient (Wildman–Crippen LogP) is 0.985. The largest absolute Gasteiger partial charge is 0.381 e. The first kappa shape index (κ1) is 18.7. The van der Waals surface area contributed by atoms with Crippen molar-refractivity contribution >= 4 is 23.6 Å². The fourth-order valence-electron chi connectivity index (χ4n) is 3.12. The second-order valence-electron chi connectivity index (χ2n) is 6.54. The summed E-state index contributed by atoms with van der Waals surface area (Å²) in [6.07, 6.45) is -0.887. The zero-order valence-electron chi connectivity index (χ0n) is 13.9. The number of hydrogen-bond donors (Lipinski definition) is 3. The van der Waals surface area contributed by atoms with Crippen LogP contribution in [0.5, 0.6) is 0 Å². The number of rotatable bonds is 6. The minimum Gasteiger partial charge on any atom is -0.381 e. The normalized spacial score (nSPS) is 23.0. The van der Waals surface area contributed by atoms with E-state index >= 15 is 0 Å². The highest BCUT2D eigenvalue weighted by atomic mass is 35.5. The van der Waals surface area contributed by atoms with E-state index in [-0.39, 0.29) is 17.7 Å². The maximum atomic E-state index is 12.7. The number of nitrogens with zero attached hydrogens (tertiary/aromatic N) is 1. The molecule has 2 unspecified atom stereocenters. The van der Waals surface area contributed by atoms with E-state index in [4.69, 9.17) is 17.5 Å². The van der Waals surface area contributed by atoms with Crippen LogP contribution in [-0.2, 0) is 9.59 Å². The Balaban J connectivity index is 2.06. The van der Waals surface area contributed by atoms with E-state index in [1.165, 1.54) is 5.56 Å². The first-order valence-corrected chi connectivity index (χ1v) is 8.41. The SMILES string of the molecule is CC(C)C(C(O)C(N)=O)N(Cl)C(=O)[C@@H]1C[C@H](c2ccccc2)CN1. The summed E-state index contributed by atoms with van der Waals surface area (Å²) in [6, 6.07) is 8.64. The van der Waals surface area contributed by atoms with E-state index < -0.39 is 24.1 Å². The lowest BCUT2D eigenvalue weighted by atomic mass is 9.95. The molecule has 132 valence electrons. The Morgan fingerprint density at radius 2 is 1.96 bits per heavy atom. The molecular formula is C17H24ClN3O3. The van der Waals surface area contributed by atoms with Crippen molar-refractivity contribution < 1.29 is 14.7 Å². The molecule has 1 aliphatic heterocycles. The van der Waals surface area contributed by atoms with Crippen LogP contribution in [-0.4, -0.2) is 46.1 Å². The number of nitrogens with one attached hydrogen (secondary N) is 1. The Morgan fingerprint density at radius 1 is 1.33 bits per heavy atom. The smallest absolute Gasteiger partial charge is 0.254 e. The molecule has 1 aliphatic rings. The number of primary amides is 1. The predicted molar refractivity (Wildman–Crippen MR) is 92.1 cm³/mol. The molecule has 1 heterocycles. The van der Waals surface area contributed by atoms with Crippen LogP contribution in [0.1, 0.15) is 31.7 Å². The van der Waals surface area contributed by atoms with Gasteiger partial charge >= 0.3 is 0 Å². The first-order valence-electron chi connectivity index (χ1n) is 8.07. The van der Waals surface area contributed by atoms with Crippen LogP contribution in [0.25, 0.3) is 0 Å². The van der Waals surface area contributed by atoms with Crippen LogP contribution in [0, 0.1) is 5.92 Å². The van der Waals surface area contributed by atoms with E-state index in [1.54, 1.807) is 13.8 Å². The van der Waals surface area contributed by atoms with Crippen LogP contribution in [0.4, 0.5) is 0 Å². The van der Waals surface area contributed by atoms with Gasteiger partial charge in [-0.15, -0.1) is 0 Å². The Hall–Kier alpha value is -1.63. The first-order chi connectivity index (χ1) is 11.3. The third kappa shape index (κ3) is 4.06. The molecule has 1 aromatic rings. The van der Waals surface area contributed by atoms with Crippen LogP contribution in [0.15, 0.2) is 30.3 Å². The molecule has 0 bridgehead atoms. The second kappa shape index (κ2) is 7.96. The van der Waals surface area contributed by atoms with Gasteiger partial charge in [0.15, 0.2) is 6.10 Å². The Morgan fingerprint density at radius 3 is 2.50 bits per heavy atom. The average Bonchev–Trinajstić information content (AvgIpc) is 3.04. The van der Waals surface area contributed by atoms with E-state index in [9.17, 15) is 14.7 Å². The third-order valence-corrected chi connectivity index (χ3v) is 4.86. The van der Waals surface area contributed by atoms with Gasteiger partial charge in [-0.1, -0.05) is 44.2 Å². The number of carbonyl (C=O) groups excluding carboxylic acids is 2. The molecule has 4 N–H and O–H groups in total. The van der Waals surface area contributed by atoms with E-state index in [1.807, 2.05) is 30.3 Å². The van der Waals surface area contributed by atoms with Gasteiger partial charge < -0.3 is 16.2 Å². The molecular weight excluding hydrogens is 330 g/mol. The van der Waals surface area contributed by atoms with Crippen molar-refractivity contribution in [2.75, 3.05) is 6.54 Å². The molecule has 1 saturated heterocycles. The summed E-state index contributed by atoms with van der Waals surface area (Å²) >= 11 is 6.18. The summed E-state index contributed by atoms with van der Waals surface area (Å²) in [5, 5.41) is 13.1. The minimum absolute atomic E-state index is 0.222.